The Labute approximate surface area is 57.0 Å². The summed E-state index contributed by atoms with van der Waals surface area (Å²) < 4.78 is 0. The second-order valence-electron chi connectivity index (χ2n) is 3.79. The van der Waals surface area contributed by atoms with Crippen molar-refractivity contribution in [2.45, 2.75) is 38.3 Å². The van der Waals surface area contributed by atoms with E-state index in [1.165, 1.54) is 19.3 Å². The lowest BCUT2D eigenvalue weighted by molar-refractivity contribution is -0.0258. The zero-order valence-electron chi connectivity index (χ0n) is 6.30. The van der Waals surface area contributed by atoms with E-state index in [4.69, 9.17) is 0 Å². The maximum Gasteiger partial charge on any atom is 0.0113 e. The zero-order valence-corrected chi connectivity index (χ0v) is 6.30. The van der Waals surface area contributed by atoms with Gasteiger partial charge in [0.1, 0.15) is 0 Å². The fourth-order valence-electron chi connectivity index (χ4n) is 2.36. The minimum absolute atomic E-state index is 0.957. The van der Waals surface area contributed by atoms with Crippen LogP contribution in [-0.4, -0.2) is 24.0 Å². The molecule has 2 bridgehead atoms. The summed E-state index contributed by atoms with van der Waals surface area (Å²) in [4.78, 5) is 2.54. The van der Waals surface area contributed by atoms with Gasteiger partial charge in [-0.25, -0.2) is 0 Å². The summed E-state index contributed by atoms with van der Waals surface area (Å²) >= 11 is 0. The first-order valence-corrected chi connectivity index (χ1v) is 3.99. The van der Waals surface area contributed by atoms with Gasteiger partial charge in [-0.1, -0.05) is 6.92 Å². The average molecular weight is 125 g/mol. The van der Waals surface area contributed by atoms with Crippen LogP contribution in [0.15, 0.2) is 0 Å². The number of hydrogen-bond acceptors (Lipinski definition) is 1. The second-order valence-corrected chi connectivity index (χ2v) is 3.79. The van der Waals surface area contributed by atoms with Gasteiger partial charge in [-0.05, 0) is 32.2 Å². The van der Waals surface area contributed by atoms with E-state index in [0.29, 0.717) is 0 Å². The Morgan fingerprint density at radius 2 is 1.67 bits per heavy atom. The third-order valence-corrected chi connectivity index (χ3v) is 3.04. The molecule has 2 saturated heterocycles. The molecule has 3 rings (SSSR count). The molecule has 9 heavy (non-hydrogen) atoms. The van der Waals surface area contributed by atoms with E-state index in [1.807, 2.05) is 0 Å². The van der Waals surface area contributed by atoms with Crippen LogP contribution in [0.5, 0.6) is 0 Å². The summed E-state index contributed by atoms with van der Waals surface area (Å²) in [5.41, 5.74) is 0. The fourth-order valence-corrected chi connectivity index (χ4v) is 2.36. The number of piperidine rings is 1. The first-order chi connectivity index (χ1) is 4.27. The van der Waals surface area contributed by atoms with E-state index < -0.39 is 0 Å². The molecule has 1 heteroatoms. The summed E-state index contributed by atoms with van der Waals surface area (Å²) in [7, 11) is 2.27. The van der Waals surface area contributed by atoms with Crippen molar-refractivity contribution in [1.82, 2.24) is 4.90 Å². The van der Waals surface area contributed by atoms with Crippen LogP contribution in [0.1, 0.15) is 26.2 Å². The van der Waals surface area contributed by atoms with Gasteiger partial charge in [0.2, 0.25) is 0 Å². The molecule has 0 amide bonds. The Kier molecular flexibility index (Phi) is 1.10. The van der Waals surface area contributed by atoms with Gasteiger partial charge in [0.25, 0.3) is 0 Å². The highest BCUT2D eigenvalue weighted by atomic mass is 15.2. The minimum atomic E-state index is 0.957. The summed E-state index contributed by atoms with van der Waals surface area (Å²) in [6.45, 7) is 2.38. The van der Waals surface area contributed by atoms with E-state index >= 15 is 0 Å². The summed E-state index contributed by atoms with van der Waals surface area (Å²) in [6.07, 6.45) is 4.39. The van der Waals surface area contributed by atoms with Crippen LogP contribution >= 0.6 is 0 Å². The van der Waals surface area contributed by atoms with Crippen LogP contribution in [-0.2, 0) is 0 Å². The van der Waals surface area contributed by atoms with Gasteiger partial charge in [-0.15, -0.1) is 0 Å². The molecule has 52 valence electrons. The molecule has 1 aliphatic carbocycles. The molecule has 2 heterocycles. The SMILES string of the molecule is CC1C[C@@H]2C[C@H](C1)N2C. The van der Waals surface area contributed by atoms with Gasteiger partial charge < -0.3 is 4.90 Å². The molecule has 0 spiro atoms. The second kappa shape index (κ2) is 1.72. The Morgan fingerprint density at radius 1 is 1.11 bits per heavy atom. The lowest BCUT2D eigenvalue weighted by atomic mass is 9.75. The lowest BCUT2D eigenvalue weighted by Crippen LogP contribution is -2.58. The molecule has 0 radical (unpaired) electrons. The summed E-state index contributed by atoms with van der Waals surface area (Å²) in [6, 6.07) is 1.91. The Morgan fingerprint density at radius 3 is 2.00 bits per heavy atom. The first-order valence-electron chi connectivity index (χ1n) is 3.99. The average Bonchev–Trinajstić information content (AvgIpc) is 1.87. The van der Waals surface area contributed by atoms with Crippen LogP contribution in [0.3, 0.4) is 0 Å². The zero-order chi connectivity index (χ0) is 6.43. The maximum atomic E-state index is 2.54. The Hall–Kier alpha value is -0.0400. The van der Waals surface area contributed by atoms with Gasteiger partial charge >= 0.3 is 0 Å². The summed E-state index contributed by atoms with van der Waals surface area (Å²) in [5, 5.41) is 0. The Bertz CT molecular complexity index is 110. The molecule has 0 N–H and O–H groups in total. The largest absolute Gasteiger partial charge is 0.300 e. The molecule has 0 aromatic carbocycles. The van der Waals surface area contributed by atoms with Crippen molar-refractivity contribution in [3.05, 3.63) is 0 Å². The third-order valence-electron chi connectivity index (χ3n) is 3.04. The van der Waals surface area contributed by atoms with Crippen molar-refractivity contribution in [2.24, 2.45) is 5.92 Å². The van der Waals surface area contributed by atoms with Crippen molar-refractivity contribution in [3.8, 4) is 0 Å². The highest BCUT2D eigenvalue weighted by Crippen LogP contribution is 2.39. The maximum absolute atomic E-state index is 2.54. The van der Waals surface area contributed by atoms with E-state index in [9.17, 15) is 0 Å². The van der Waals surface area contributed by atoms with Crippen molar-refractivity contribution in [1.29, 1.82) is 0 Å². The van der Waals surface area contributed by atoms with Crippen LogP contribution < -0.4 is 0 Å². The summed E-state index contributed by atoms with van der Waals surface area (Å²) in [5.74, 6) is 1.00. The molecule has 3 fully saturated rings. The van der Waals surface area contributed by atoms with Crippen LogP contribution in [0.2, 0.25) is 0 Å². The standard InChI is InChI=1S/C8H15N/c1-6-3-7-5-8(4-6)9(7)2/h6-8H,3-5H2,1-2H3/t6?,7-,8+. The van der Waals surface area contributed by atoms with Crippen LogP contribution in [0.4, 0.5) is 0 Å². The van der Waals surface area contributed by atoms with Gasteiger partial charge in [-0.2, -0.15) is 0 Å². The molecule has 1 nitrogen and oxygen atoms in total. The highest BCUT2D eigenvalue weighted by molar-refractivity contribution is 4.96. The quantitative estimate of drug-likeness (QED) is 0.474. The molecular formula is C8H15N. The molecule has 1 unspecified atom stereocenters. The van der Waals surface area contributed by atoms with Gasteiger partial charge in [-0.3, -0.25) is 0 Å². The molecule has 3 aliphatic rings. The van der Waals surface area contributed by atoms with Crippen LogP contribution in [0.25, 0.3) is 0 Å². The van der Waals surface area contributed by atoms with Gasteiger partial charge in [0.15, 0.2) is 0 Å². The molecule has 2 aliphatic heterocycles. The lowest BCUT2D eigenvalue weighted by Gasteiger charge is -2.53. The molecule has 3 atom stereocenters. The smallest absolute Gasteiger partial charge is 0.0113 e. The predicted octanol–water partition coefficient (Wildman–Crippen LogP) is 1.49. The first kappa shape index (κ1) is 5.72. The van der Waals surface area contributed by atoms with Gasteiger partial charge in [0, 0.05) is 12.1 Å². The number of fused-ring (bicyclic) bond motifs is 2. The Balaban J connectivity index is 2.01. The monoisotopic (exact) mass is 125 g/mol. The van der Waals surface area contributed by atoms with E-state index in [2.05, 4.69) is 18.9 Å². The number of nitrogens with zero attached hydrogens (tertiary/aromatic N) is 1. The molecular weight excluding hydrogens is 110 g/mol. The van der Waals surface area contributed by atoms with Crippen molar-refractivity contribution < 1.29 is 0 Å². The molecule has 1 saturated carbocycles. The normalized spacial score (nSPS) is 50.7. The van der Waals surface area contributed by atoms with Crippen molar-refractivity contribution in [2.75, 3.05) is 7.05 Å². The van der Waals surface area contributed by atoms with E-state index in [-0.39, 0.29) is 0 Å². The fraction of sp³-hybridized carbons (Fsp3) is 1.00. The number of rotatable bonds is 0. The van der Waals surface area contributed by atoms with Crippen molar-refractivity contribution in [3.63, 3.8) is 0 Å². The predicted molar refractivity (Wildman–Crippen MR) is 38.4 cm³/mol. The van der Waals surface area contributed by atoms with E-state index in [1.54, 1.807) is 0 Å². The highest BCUT2D eigenvalue weighted by Gasteiger charge is 2.40. The van der Waals surface area contributed by atoms with Crippen LogP contribution in [0, 0.1) is 5.92 Å². The third kappa shape index (κ3) is 0.710. The minimum Gasteiger partial charge on any atom is -0.300 e. The molecule has 0 aromatic heterocycles. The van der Waals surface area contributed by atoms with Crippen molar-refractivity contribution >= 4 is 0 Å². The topological polar surface area (TPSA) is 3.24 Å². The molecule has 0 aromatic rings. The van der Waals surface area contributed by atoms with E-state index in [0.717, 1.165) is 18.0 Å². The van der Waals surface area contributed by atoms with Gasteiger partial charge in [0.05, 0.1) is 0 Å². The number of hydrogen-bond donors (Lipinski definition) is 0.